The van der Waals surface area contributed by atoms with Crippen LogP contribution in [0.2, 0.25) is 0 Å². The zero-order valence-corrected chi connectivity index (χ0v) is 11.4. The van der Waals surface area contributed by atoms with Gasteiger partial charge in [-0.25, -0.2) is 9.67 Å². The molecule has 1 aliphatic rings. The van der Waals surface area contributed by atoms with Crippen molar-refractivity contribution in [3.8, 4) is 0 Å². The van der Waals surface area contributed by atoms with E-state index in [2.05, 4.69) is 23.9 Å². The van der Waals surface area contributed by atoms with E-state index >= 15 is 0 Å². The van der Waals surface area contributed by atoms with Gasteiger partial charge in [0.1, 0.15) is 12.2 Å². The maximum atomic E-state index is 10.2. The first-order valence-corrected chi connectivity index (χ1v) is 7.38. The largest absolute Gasteiger partial charge is 0.392 e. The molecule has 5 heteroatoms. The van der Waals surface area contributed by atoms with Gasteiger partial charge in [-0.2, -0.15) is 16.9 Å². The molecular formula is C12H21N3OS. The van der Waals surface area contributed by atoms with Gasteiger partial charge >= 0.3 is 0 Å². The highest BCUT2D eigenvalue weighted by Crippen LogP contribution is 2.29. The predicted molar refractivity (Wildman–Crippen MR) is 70.1 cm³/mol. The minimum atomic E-state index is -0.280. The molecule has 1 N–H and O–H groups in total. The van der Waals surface area contributed by atoms with Crippen LogP contribution in [-0.2, 0) is 13.0 Å². The van der Waals surface area contributed by atoms with Crippen molar-refractivity contribution >= 4 is 11.8 Å². The van der Waals surface area contributed by atoms with E-state index in [1.807, 2.05) is 16.4 Å². The summed E-state index contributed by atoms with van der Waals surface area (Å²) in [5.74, 6) is 2.65. The molecule has 0 saturated carbocycles. The average molecular weight is 255 g/mol. The fraction of sp³-hybridized carbons (Fsp3) is 0.833. The normalized spacial score (nSPS) is 22.2. The Labute approximate surface area is 107 Å². The molecule has 1 fully saturated rings. The van der Waals surface area contributed by atoms with Crippen LogP contribution in [0.1, 0.15) is 32.5 Å². The molecule has 17 heavy (non-hydrogen) atoms. The van der Waals surface area contributed by atoms with Gasteiger partial charge in [0.2, 0.25) is 0 Å². The van der Waals surface area contributed by atoms with Gasteiger partial charge < -0.3 is 5.11 Å². The van der Waals surface area contributed by atoms with Gasteiger partial charge in [0, 0.05) is 18.2 Å². The molecule has 2 unspecified atom stereocenters. The molecule has 2 rings (SSSR count). The monoisotopic (exact) mass is 255 g/mol. The summed E-state index contributed by atoms with van der Waals surface area (Å²) in [4.78, 5) is 4.26. The molecule has 96 valence electrons. The number of nitrogens with zero attached hydrogens (tertiary/aromatic N) is 3. The van der Waals surface area contributed by atoms with Crippen molar-refractivity contribution in [1.82, 2.24) is 14.8 Å². The number of aliphatic hydroxyl groups excluding tert-OH is 1. The van der Waals surface area contributed by atoms with E-state index < -0.39 is 0 Å². The fourth-order valence-corrected chi connectivity index (χ4v) is 3.46. The Kier molecular flexibility index (Phi) is 4.45. The van der Waals surface area contributed by atoms with Crippen LogP contribution in [0, 0.1) is 5.92 Å². The van der Waals surface area contributed by atoms with Gasteiger partial charge in [-0.3, -0.25) is 0 Å². The first-order chi connectivity index (χ1) is 8.16. The van der Waals surface area contributed by atoms with Gasteiger partial charge in [-0.05, 0) is 24.5 Å². The van der Waals surface area contributed by atoms with Crippen LogP contribution in [0.3, 0.4) is 0 Å². The number of aromatic nitrogens is 3. The maximum Gasteiger partial charge on any atom is 0.138 e. The van der Waals surface area contributed by atoms with E-state index in [1.54, 1.807) is 6.33 Å². The Balaban J connectivity index is 1.95. The molecule has 0 radical (unpaired) electrons. The predicted octanol–water partition coefficient (Wildman–Crippen LogP) is 1.73. The minimum Gasteiger partial charge on any atom is -0.392 e. The Morgan fingerprint density at radius 2 is 2.41 bits per heavy atom. The summed E-state index contributed by atoms with van der Waals surface area (Å²) in [5.41, 5.74) is 0. The molecular weight excluding hydrogens is 234 g/mol. The number of aliphatic hydroxyl groups is 1. The Hall–Kier alpha value is -0.550. The summed E-state index contributed by atoms with van der Waals surface area (Å²) in [6.45, 7) is 5.20. The summed E-state index contributed by atoms with van der Waals surface area (Å²) >= 11 is 1.88. The van der Waals surface area contributed by atoms with Gasteiger partial charge in [-0.1, -0.05) is 13.8 Å². The van der Waals surface area contributed by atoms with Crippen LogP contribution in [-0.4, -0.2) is 37.0 Å². The van der Waals surface area contributed by atoms with E-state index in [-0.39, 0.29) is 6.10 Å². The quantitative estimate of drug-likeness (QED) is 0.870. The van der Waals surface area contributed by atoms with Crippen LogP contribution >= 0.6 is 11.8 Å². The van der Waals surface area contributed by atoms with Crippen molar-refractivity contribution in [3.63, 3.8) is 0 Å². The van der Waals surface area contributed by atoms with Crippen molar-refractivity contribution < 1.29 is 5.11 Å². The lowest BCUT2D eigenvalue weighted by Gasteiger charge is -2.17. The highest BCUT2D eigenvalue weighted by molar-refractivity contribution is 8.00. The Morgan fingerprint density at radius 1 is 1.59 bits per heavy atom. The molecule has 1 aliphatic heterocycles. The SMILES string of the molecule is CC(C)Cn1ncnc1CC(O)C1CCCS1. The molecule has 2 heterocycles. The molecule has 1 aromatic heterocycles. The second-order valence-corrected chi connectivity index (χ2v) is 6.42. The van der Waals surface area contributed by atoms with Crippen molar-refractivity contribution in [2.24, 2.45) is 5.92 Å². The number of rotatable bonds is 5. The van der Waals surface area contributed by atoms with Crippen LogP contribution in [0.25, 0.3) is 0 Å². The zero-order valence-electron chi connectivity index (χ0n) is 10.5. The Morgan fingerprint density at radius 3 is 3.06 bits per heavy atom. The second-order valence-electron chi connectivity index (χ2n) is 5.08. The summed E-state index contributed by atoms with van der Waals surface area (Å²) in [5, 5.41) is 14.8. The van der Waals surface area contributed by atoms with Crippen molar-refractivity contribution in [3.05, 3.63) is 12.2 Å². The fourth-order valence-electron chi connectivity index (χ4n) is 2.17. The molecule has 0 aliphatic carbocycles. The van der Waals surface area contributed by atoms with Crippen molar-refractivity contribution in [2.75, 3.05) is 5.75 Å². The second kappa shape index (κ2) is 5.87. The highest BCUT2D eigenvalue weighted by atomic mass is 32.2. The van der Waals surface area contributed by atoms with Crippen molar-refractivity contribution in [1.29, 1.82) is 0 Å². The lowest BCUT2D eigenvalue weighted by Crippen LogP contribution is -2.25. The minimum absolute atomic E-state index is 0.280. The third-order valence-electron chi connectivity index (χ3n) is 3.02. The van der Waals surface area contributed by atoms with Crippen LogP contribution < -0.4 is 0 Å². The van der Waals surface area contributed by atoms with E-state index in [0.717, 1.165) is 18.8 Å². The van der Waals surface area contributed by atoms with E-state index in [4.69, 9.17) is 0 Å². The van der Waals surface area contributed by atoms with Crippen LogP contribution in [0.15, 0.2) is 6.33 Å². The molecule has 2 atom stereocenters. The van der Waals surface area contributed by atoms with Crippen molar-refractivity contribution in [2.45, 2.75) is 51.0 Å². The zero-order chi connectivity index (χ0) is 12.3. The molecule has 1 saturated heterocycles. The summed E-state index contributed by atoms with van der Waals surface area (Å²) in [6.07, 6.45) is 4.30. The van der Waals surface area contributed by atoms with Crippen LogP contribution in [0.5, 0.6) is 0 Å². The first kappa shape index (κ1) is 12.9. The molecule has 1 aromatic rings. The summed E-state index contributed by atoms with van der Waals surface area (Å²) in [6, 6.07) is 0. The number of hydrogen-bond acceptors (Lipinski definition) is 4. The average Bonchev–Trinajstić information content (AvgIpc) is 2.89. The third kappa shape index (κ3) is 3.45. The topological polar surface area (TPSA) is 50.9 Å². The number of hydrogen-bond donors (Lipinski definition) is 1. The van der Waals surface area contributed by atoms with E-state index in [1.165, 1.54) is 12.2 Å². The van der Waals surface area contributed by atoms with Gasteiger partial charge in [-0.15, -0.1) is 0 Å². The van der Waals surface area contributed by atoms with Gasteiger partial charge in [0.05, 0.1) is 6.10 Å². The van der Waals surface area contributed by atoms with E-state index in [0.29, 0.717) is 17.6 Å². The molecule has 0 aromatic carbocycles. The smallest absolute Gasteiger partial charge is 0.138 e. The highest BCUT2D eigenvalue weighted by Gasteiger charge is 2.25. The molecule has 0 spiro atoms. The number of thioether (sulfide) groups is 1. The Bertz CT molecular complexity index is 347. The summed E-state index contributed by atoms with van der Waals surface area (Å²) < 4.78 is 1.92. The third-order valence-corrected chi connectivity index (χ3v) is 4.52. The molecule has 0 bridgehead atoms. The van der Waals surface area contributed by atoms with E-state index in [9.17, 15) is 5.11 Å². The van der Waals surface area contributed by atoms with Gasteiger partial charge in [0.25, 0.3) is 0 Å². The standard InChI is InChI=1S/C12H21N3OS/c1-9(2)7-15-12(13-8-14-15)6-10(16)11-4-3-5-17-11/h8-11,16H,3-7H2,1-2H3. The first-order valence-electron chi connectivity index (χ1n) is 6.33. The summed E-state index contributed by atoms with van der Waals surface area (Å²) in [7, 11) is 0. The van der Waals surface area contributed by atoms with Gasteiger partial charge in [0.15, 0.2) is 0 Å². The maximum absolute atomic E-state index is 10.2. The molecule has 4 nitrogen and oxygen atoms in total. The molecule has 0 amide bonds. The lowest BCUT2D eigenvalue weighted by atomic mass is 10.1. The lowest BCUT2D eigenvalue weighted by molar-refractivity contribution is 0.165. The van der Waals surface area contributed by atoms with Crippen LogP contribution in [0.4, 0.5) is 0 Å².